The average Bonchev–Trinajstić information content (AvgIpc) is 3.10. The maximum Gasteiger partial charge on any atom is 0.273 e. The molecule has 1 N–H and O–H groups in total. The van der Waals surface area contributed by atoms with Gasteiger partial charge in [-0.15, -0.1) is 11.3 Å². The molecule has 1 fully saturated rings. The SMILES string of the molecule is CC(=O)Nc1nc(C(=O)N2CCN(CCOc3ccccc3)CC2)cs1. The smallest absolute Gasteiger partial charge is 0.273 e. The summed E-state index contributed by atoms with van der Waals surface area (Å²) >= 11 is 1.26. The first kappa shape index (κ1) is 18.3. The van der Waals surface area contributed by atoms with Crippen LogP contribution in [0.2, 0.25) is 0 Å². The summed E-state index contributed by atoms with van der Waals surface area (Å²) in [5.41, 5.74) is 0.389. The number of rotatable bonds is 6. The Bertz CT molecular complexity index is 742. The van der Waals surface area contributed by atoms with E-state index in [1.54, 1.807) is 10.3 Å². The topological polar surface area (TPSA) is 74.8 Å². The molecule has 0 aliphatic carbocycles. The third kappa shape index (κ3) is 5.03. The fraction of sp³-hybridized carbons (Fsp3) is 0.389. The standard InChI is InChI=1S/C18H22N4O3S/c1-14(23)19-18-20-16(13-26-18)17(24)22-9-7-21(8-10-22)11-12-25-15-5-3-2-4-6-15/h2-6,13H,7-12H2,1H3,(H,19,20,23). The van der Waals surface area contributed by atoms with Gasteiger partial charge in [-0.2, -0.15) is 0 Å². The maximum atomic E-state index is 12.5. The molecule has 0 spiro atoms. The number of carbonyl (C=O) groups is 2. The van der Waals surface area contributed by atoms with Crippen LogP contribution in [0.15, 0.2) is 35.7 Å². The predicted molar refractivity (Wildman–Crippen MR) is 101 cm³/mol. The minimum Gasteiger partial charge on any atom is -0.492 e. The highest BCUT2D eigenvalue weighted by Crippen LogP contribution is 2.17. The molecule has 1 saturated heterocycles. The van der Waals surface area contributed by atoms with E-state index in [1.807, 2.05) is 30.3 Å². The van der Waals surface area contributed by atoms with Crippen LogP contribution >= 0.6 is 11.3 Å². The average molecular weight is 374 g/mol. The molecular formula is C18H22N4O3S. The lowest BCUT2D eigenvalue weighted by atomic mass is 10.3. The van der Waals surface area contributed by atoms with Gasteiger partial charge in [0, 0.05) is 45.0 Å². The van der Waals surface area contributed by atoms with Crippen LogP contribution in [-0.4, -0.2) is 65.9 Å². The Morgan fingerprint density at radius 1 is 1.19 bits per heavy atom. The molecule has 2 heterocycles. The Kier molecular flexibility index (Phi) is 6.19. The number of amides is 2. The molecular weight excluding hydrogens is 352 g/mol. The van der Waals surface area contributed by atoms with Gasteiger partial charge in [-0.25, -0.2) is 4.98 Å². The van der Waals surface area contributed by atoms with Crippen molar-refractivity contribution in [1.82, 2.24) is 14.8 Å². The number of piperazine rings is 1. The van der Waals surface area contributed by atoms with Crippen molar-refractivity contribution in [2.24, 2.45) is 0 Å². The zero-order valence-corrected chi connectivity index (χ0v) is 15.5. The van der Waals surface area contributed by atoms with Crippen LogP contribution in [0.3, 0.4) is 0 Å². The molecule has 0 bridgehead atoms. The molecule has 7 nitrogen and oxygen atoms in total. The summed E-state index contributed by atoms with van der Waals surface area (Å²) in [6.07, 6.45) is 0. The quantitative estimate of drug-likeness (QED) is 0.836. The predicted octanol–water partition coefficient (Wildman–Crippen LogP) is 1.94. The van der Waals surface area contributed by atoms with E-state index in [9.17, 15) is 9.59 Å². The molecule has 1 aromatic heterocycles. The number of para-hydroxylation sites is 1. The van der Waals surface area contributed by atoms with Gasteiger partial charge in [0.1, 0.15) is 18.1 Å². The van der Waals surface area contributed by atoms with Crippen LogP contribution in [0, 0.1) is 0 Å². The third-order valence-electron chi connectivity index (χ3n) is 4.09. The molecule has 0 saturated carbocycles. The first-order chi connectivity index (χ1) is 12.6. The first-order valence-electron chi connectivity index (χ1n) is 8.54. The van der Waals surface area contributed by atoms with Crippen molar-refractivity contribution in [3.8, 4) is 5.75 Å². The van der Waals surface area contributed by atoms with Crippen LogP contribution in [-0.2, 0) is 4.79 Å². The fourth-order valence-corrected chi connectivity index (χ4v) is 3.46. The van der Waals surface area contributed by atoms with Crippen LogP contribution in [0.25, 0.3) is 0 Å². The molecule has 1 aromatic carbocycles. The Balaban J connectivity index is 1.42. The number of ether oxygens (including phenoxy) is 1. The summed E-state index contributed by atoms with van der Waals surface area (Å²) in [5, 5.41) is 4.75. The molecule has 138 valence electrons. The van der Waals surface area contributed by atoms with Crippen molar-refractivity contribution in [3.63, 3.8) is 0 Å². The number of nitrogens with zero attached hydrogens (tertiary/aromatic N) is 3. The molecule has 0 atom stereocenters. The lowest BCUT2D eigenvalue weighted by Crippen LogP contribution is -2.49. The summed E-state index contributed by atoms with van der Waals surface area (Å²) in [7, 11) is 0. The van der Waals surface area contributed by atoms with Gasteiger partial charge in [0.15, 0.2) is 5.13 Å². The van der Waals surface area contributed by atoms with E-state index in [-0.39, 0.29) is 11.8 Å². The minimum atomic E-state index is -0.190. The summed E-state index contributed by atoms with van der Waals surface area (Å²) in [6, 6.07) is 9.76. The maximum absolute atomic E-state index is 12.5. The summed E-state index contributed by atoms with van der Waals surface area (Å²) < 4.78 is 5.72. The zero-order valence-electron chi connectivity index (χ0n) is 14.7. The molecule has 2 amide bonds. The lowest BCUT2D eigenvalue weighted by molar-refractivity contribution is -0.114. The number of anilines is 1. The van der Waals surface area contributed by atoms with Gasteiger partial charge in [-0.3, -0.25) is 14.5 Å². The normalized spacial score (nSPS) is 14.9. The Hall–Kier alpha value is -2.45. The van der Waals surface area contributed by atoms with E-state index < -0.39 is 0 Å². The van der Waals surface area contributed by atoms with Gasteiger partial charge in [-0.1, -0.05) is 18.2 Å². The van der Waals surface area contributed by atoms with Crippen molar-refractivity contribution >= 4 is 28.3 Å². The highest BCUT2D eigenvalue weighted by Gasteiger charge is 2.23. The lowest BCUT2D eigenvalue weighted by Gasteiger charge is -2.34. The van der Waals surface area contributed by atoms with E-state index in [1.165, 1.54) is 18.3 Å². The molecule has 1 aliphatic rings. The second-order valence-corrected chi connectivity index (χ2v) is 6.87. The number of aromatic nitrogens is 1. The van der Waals surface area contributed by atoms with Crippen molar-refractivity contribution < 1.29 is 14.3 Å². The van der Waals surface area contributed by atoms with Crippen LogP contribution in [0.5, 0.6) is 5.75 Å². The number of hydrogen-bond acceptors (Lipinski definition) is 6. The largest absolute Gasteiger partial charge is 0.492 e. The van der Waals surface area contributed by atoms with Gasteiger partial charge in [-0.05, 0) is 12.1 Å². The molecule has 3 rings (SSSR count). The van der Waals surface area contributed by atoms with Crippen LogP contribution < -0.4 is 10.1 Å². The molecule has 1 aliphatic heterocycles. The number of benzene rings is 1. The fourth-order valence-electron chi connectivity index (χ4n) is 2.73. The molecule has 2 aromatic rings. The number of hydrogen-bond donors (Lipinski definition) is 1. The molecule has 26 heavy (non-hydrogen) atoms. The van der Waals surface area contributed by atoms with E-state index >= 15 is 0 Å². The number of thiazole rings is 1. The van der Waals surface area contributed by atoms with E-state index in [2.05, 4.69) is 15.2 Å². The first-order valence-corrected chi connectivity index (χ1v) is 9.42. The van der Waals surface area contributed by atoms with Gasteiger partial charge in [0.05, 0.1) is 0 Å². The molecule has 0 radical (unpaired) electrons. The second kappa shape index (κ2) is 8.77. The van der Waals surface area contributed by atoms with E-state index in [0.717, 1.165) is 25.4 Å². The van der Waals surface area contributed by atoms with Crippen molar-refractivity contribution in [2.45, 2.75) is 6.92 Å². The summed E-state index contributed by atoms with van der Waals surface area (Å²) in [6.45, 7) is 5.83. The zero-order chi connectivity index (χ0) is 18.4. The Morgan fingerprint density at radius 2 is 1.92 bits per heavy atom. The van der Waals surface area contributed by atoms with Crippen LogP contribution in [0.1, 0.15) is 17.4 Å². The molecule has 8 heteroatoms. The second-order valence-electron chi connectivity index (χ2n) is 6.01. The third-order valence-corrected chi connectivity index (χ3v) is 4.84. The number of nitrogens with one attached hydrogen (secondary N) is 1. The highest BCUT2D eigenvalue weighted by atomic mass is 32.1. The Morgan fingerprint density at radius 3 is 2.62 bits per heavy atom. The monoisotopic (exact) mass is 374 g/mol. The Labute approximate surface area is 156 Å². The van der Waals surface area contributed by atoms with Crippen molar-refractivity contribution in [2.75, 3.05) is 44.6 Å². The minimum absolute atomic E-state index is 0.0852. The summed E-state index contributed by atoms with van der Waals surface area (Å²) in [4.78, 5) is 31.9. The number of carbonyl (C=O) groups excluding carboxylic acids is 2. The van der Waals surface area contributed by atoms with Gasteiger partial charge in [0.25, 0.3) is 5.91 Å². The van der Waals surface area contributed by atoms with Gasteiger partial charge >= 0.3 is 0 Å². The van der Waals surface area contributed by atoms with E-state index in [0.29, 0.717) is 30.5 Å². The summed E-state index contributed by atoms with van der Waals surface area (Å²) in [5.74, 6) is 0.600. The van der Waals surface area contributed by atoms with Crippen molar-refractivity contribution in [3.05, 3.63) is 41.4 Å². The highest BCUT2D eigenvalue weighted by molar-refractivity contribution is 7.14. The molecule has 0 unspecified atom stereocenters. The van der Waals surface area contributed by atoms with E-state index in [4.69, 9.17) is 4.74 Å². The van der Waals surface area contributed by atoms with Crippen LogP contribution in [0.4, 0.5) is 5.13 Å². The van der Waals surface area contributed by atoms with Gasteiger partial charge < -0.3 is 15.0 Å². The van der Waals surface area contributed by atoms with Crippen molar-refractivity contribution in [1.29, 1.82) is 0 Å². The van der Waals surface area contributed by atoms with Gasteiger partial charge in [0.2, 0.25) is 5.91 Å².